The highest BCUT2D eigenvalue weighted by atomic mass is 35.5. The van der Waals surface area contributed by atoms with E-state index in [0.29, 0.717) is 40.7 Å². The molecule has 1 aliphatic heterocycles. The van der Waals surface area contributed by atoms with E-state index in [2.05, 4.69) is 5.32 Å². The first-order chi connectivity index (χ1) is 13.3. The predicted octanol–water partition coefficient (Wildman–Crippen LogP) is 4.45. The molecule has 2 aromatic rings. The standard InChI is InChI=1S/C19H17Cl2N3O4/c1-11-4-5-12(9-17(11)24(27)28)19(26)23-8-2-3-16(23)18(25)22-15-10-13(20)6-7-14(15)21/h4-7,9-10,16H,2-3,8H2,1H3,(H,22,25)/t16-/m1/s1. The van der Waals surface area contributed by atoms with Crippen LogP contribution < -0.4 is 5.32 Å². The Morgan fingerprint density at radius 2 is 1.96 bits per heavy atom. The highest BCUT2D eigenvalue weighted by Gasteiger charge is 2.35. The summed E-state index contributed by atoms with van der Waals surface area (Å²) in [5, 5.41) is 14.6. The molecule has 0 radical (unpaired) electrons. The van der Waals surface area contributed by atoms with Gasteiger partial charge in [0.15, 0.2) is 0 Å². The lowest BCUT2D eigenvalue weighted by molar-refractivity contribution is -0.385. The quantitative estimate of drug-likeness (QED) is 0.582. The number of carbonyl (C=O) groups excluding carboxylic acids is 2. The summed E-state index contributed by atoms with van der Waals surface area (Å²) < 4.78 is 0. The molecule has 7 nitrogen and oxygen atoms in total. The normalized spacial score (nSPS) is 16.1. The highest BCUT2D eigenvalue weighted by molar-refractivity contribution is 6.35. The van der Waals surface area contributed by atoms with Gasteiger partial charge >= 0.3 is 0 Å². The van der Waals surface area contributed by atoms with Gasteiger partial charge in [0.05, 0.1) is 15.6 Å². The number of rotatable bonds is 4. The van der Waals surface area contributed by atoms with Gasteiger partial charge in [-0.2, -0.15) is 0 Å². The van der Waals surface area contributed by atoms with Crippen LogP contribution in [0.25, 0.3) is 0 Å². The molecule has 3 rings (SSSR count). The van der Waals surface area contributed by atoms with Crippen LogP contribution >= 0.6 is 23.2 Å². The molecular weight excluding hydrogens is 405 g/mol. The molecule has 0 spiro atoms. The van der Waals surface area contributed by atoms with Crippen LogP contribution in [0.1, 0.15) is 28.8 Å². The Kier molecular flexibility index (Phi) is 5.86. The predicted molar refractivity (Wildman–Crippen MR) is 107 cm³/mol. The lowest BCUT2D eigenvalue weighted by atomic mass is 10.1. The second-order valence-electron chi connectivity index (χ2n) is 6.53. The third kappa shape index (κ3) is 4.10. The number of nitrogens with one attached hydrogen (secondary N) is 1. The fourth-order valence-corrected chi connectivity index (χ4v) is 3.53. The van der Waals surface area contributed by atoms with Crippen molar-refractivity contribution >= 4 is 46.4 Å². The molecule has 0 aromatic heterocycles. The summed E-state index contributed by atoms with van der Waals surface area (Å²) in [5.41, 5.74) is 0.881. The number of likely N-dealkylation sites (tertiary alicyclic amines) is 1. The SMILES string of the molecule is Cc1ccc(C(=O)N2CCC[C@@H]2C(=O)Nc2cc(Cl)ccc2Cl)cc1[N+](=O)[O-]. The zero-order chi connectivity index (χ0) is 20.4. The Morgan fingerprint density at radius 3 is 2.68 bits per heavy atom. The molecule has 28 heavy (non-hydrogen) atoms. The lowest BCUT2D eigenvalue weighted by Crippen LogP contribution is -2.43. The Balaban J connectivity index is 1.81. The number of carbonyl (C=O) groups is 2. The number of anilines is 1. The zero-order valence-corrected chi connectivity index (χ0v) is 16.5. The van der Waals surface area contributed by atoms with Gasteiger partial charge in [-0.15, -0.1) is 0 Å². The maximum Gasteiger partial charge on any atom is 0.273 e. The molecular formula is C19H17Cl2N3O4. The number of halogens is 2. The van der Waals surface area contributed by atoms with Gasteiger partial charge in [0.25, 0.3) is 11.6 Å². The molecule has 9 heteroatoms. The number of aryl methyl sites for hydroxylation is 1. The molecule has 0 bridgehead atoms. The van der Waals surface area contributed by atoms with Gasteiger partial charge in [0, 0.05) is 28.8 Å². The molecule has 1 heterocycles. The van der Waals surface area contributed by atoms with E-state index < -0.39 is 16.9 Å². The average molecular weight is 422 g/mol. The fourth-order valence-electron chi connectivity index (χ4n) is 3.20. The number of nitrogens with zero attached hydrogens (tertiary/aromatic N) is 2. The topological polar surface area (TPSA) is 92.6 Å². The average Bonchev–Trinajstić information content (AvgIpc) is 3.14. The lowest BCUT2D eigenvalue weighted by Gasteiger charge is -2.24. The van der Waals surface area contributed by atoms with Crippen molar-refractivity contribution in [2.45, 2.75) is 25.8 Å². The minimum Gasteiger partial charge on any atom is -0.327 e. The van der Waals surface area contributed by atoms with Gasteiger partial charge in [0.2, 0.25) is 5.91 Å². The van der Waals surface area contributed by atoms with Crippen molar-refractivity contribution in [2.24, 2.45) is 0 Å². The van der Waals surface area contributed by atoms with E-state index in [1.165, 1.54) is 29.2 Å². The largest absolute Gasteiger partial charge is 0.327 e. The van der Waals surface area contributed by atoms with Gasteiger partial charge < -0.3 is 10.2 Å². The third-order valence-corrected chi connectivity index (χ3v) is 5.22. The van der Waals surface area contributed by atoms with Gasteiger partial charge in [-0.1, -0.05) is 29.3 Å². The van der Waals surface area contributed by atoms with Gasteiger partial charge in [-0.3, -0.25) is 19.7 Å². The minimum atomic E-state index is -0.692. The van der Waals surface area contributed by atoms with Gasteiger partial charge in [-0.05, 0) is 44.0 Å². The first-order valence-electron chi connectivity index (χ1n) is 8.60. The second kappa shape index (κ2) is 8.16. The number of nitro groups is 1. The molecule has 2 amide bonds. The van der Waals surface area contributed by atoms with Crippen LogP contribution in [-0.2, 0) is 4.79 Å². The molecule has 1 aliphatic rings. The van der Waals surface area contributed by atoms with Crippen molar-refractivity contribution < 1.29 is 14.5 Å². The van der Waals surface area contributed by atoms with Crippen LogP contribution in [0.3, 0.4) is 0 Å². The molecule has 0 aliphatic carbocycles. The van der Waals surface area contributed by atoms with Gasteiger partial charge in [-0.25, -0.2) is 0 Å². The first kappa shape index (κ1) is 20.1. The van der Waals surface area contributed by atoms with Crippen LogP contribution in [0, 0.1) is 17.0 Å². The second-order valence-corrected chi connectivity index (χ2v) is 7.37. The van der Waals surface area contributed by atoms with E-state index in [-0.39, 0.29) is 17.2 Å². The summed E-state index contributed by atoms with van der Waals surface area (Å²) in [6, 6.07) is 8.33. The van der Waals surface area contributed by atoms with Crippen LogP contribution in [0.5, 0.6) is 0 Å². The monoisotopic (exact) mass is 421 g/mol. The van der Waals surface area contributed by atoms with E-state index in [4.69, 9.17) is 23.2 Å². The smallest absolute Gasteiger partial charge is 0.273 e. The van der Waals surface area contributed by atoms with Crippen molar-refractivity contribution in [3.63, 3.8) is 0 Å². The number of nitro benzene ring substituents is 1. The maximum absolute atomic E-state index is 12.9. The summed E-state index contributed by atoms with van der Waals surface area (Å²) in [4.78, 5) is 37.7. The van der Waals surface area contributed by atoms with E-state index in [0.717, 1.165) is 0 Å². The molecule has 0 saturated carbocycles. The molecule has 0 unspecified atom stereocenters. The van der Waals surface area contributed by atoms with E-state index in [1.54, 1.807) is 19.1 Å². The fraction of sp³-hybridized carbons (Fsp3) is 0.263. The van der Waals surface area contributed by atoms with Crippen molar-refractivity contribution in [2.75, 3.05) is 11.9 Å². The number of hydrogen-bond donors (Lipinski definition) is 1. The summed E-state index contributed by atoms with van der Waals surface area (Å²) in [6.07, 6.45) is 1.14. The summed E-state index contributed by atoms with van der Waals surface area (Å²) in [6.45, 7) is 2.00. The van der Waals surface area contributed by atoms with Crippen LogP contribution in [0.2, 0.25) is 10.0 Å². The van der Waals surface area contributed by atoms with Crippen LogP contribution in [0.15, 0.2) is 36.4 Å². The maximum atomic E-state index is 12.9. The highest BCUT2D eigenvalue weighted by Crippen LogP contribution is 2.28. The Bertz CT molecular complexity index is 964. The summed E-state index contributed by atoms with van der Waals surface area (Å²) in [7, 11) is 0. The van der Waals surface area contributed by atoms with E-state index in [9.17, 15) is 19.7 Å². The molecule has 1 N–H and O–H groups in total. The summed E-state index contributed by atoms with van der Waals surface area (Å²) >= 11 is 12.0. The number of benzene rings is 2. The van der Waals surface area contributed by atoms with Crippen molar-refractivity contribution in [1.29, 1.82) is 0 Å². The van der Waals surface area contributed by atoms with Crippen molar-refractivity contribution in [1.82, 2.24) is 4.90 Å². The van der Waals surface area contributed by atoms with Crippen LogP contribution in [0.4, 0.5) is 11.4 Å². The zero-order valence-electron chi connectivity index (χ0n) is 14.9. The van der Waals surface area contributed by atoms with Crippen LogP contribution in [-0.4, -0.2) is 34.2 Å². The first-order valence-corrected chi connectivity index (χ1v) is 9.35. The van der Waals surface area contributed by atoms with E-state index in [1.807, 2.05) is 0 Å². The number of hydrogen-bond acceptors (Lipinski definition) is 4. The Morgan fingerprint density at radius 1 is 1.21 bits per heavy atom. The molecule has 146 valence electrons. The Hall–Kier alpha value is -2.64. The van der Waals surface area contributed by atoms with Crippen molar-refractivity contribution in [3.05, 3.63) is 67.7 Å². The molecule has 2 aromatic carbocycles. The van der Waals surface area contributed by atoms with Crippen molar-refractivity contribution in [3.8, 4) is 0 Å². The third-order valence-electron chi connectivity index (χ3n) is 4.66. The minimum absolute atomic E-state index is 0.128. The molecule has 1 saturated heterocycles. The molecule has 1 fully saturated rings. The number of amides is 2. The van der Waals surface area contributed by atoms with E-state index >= 15 is 0 Å². The molecule has 1 atom stereocenters. The Labute approximate surface area is 171 Å². The summed E-state index contributed by atoms with van der Waals surface area (Å²) in [5.74, 6) is -0.797. The van der Waals surface area contributed by atoms with Gasteiger partial charge in [0.1, 0.15) is 6.04 Å².